The van der Waals surface area contributed by atoms with E-state index in [4.69, 9.17) is 9.72 Å². The van der Waals surface area contributed by atoms with E-state index in [0.29, 0.717) is 53.3 Å². The van der Waals surface area contributed by atoms with Crippen molar-refractivity contribution in [3.63, 3.8) is 0 Å². The first-order valence-corrected chi connectivity index (χ1v) is 14.4. The predicted molar refractivity (Wildman–Crippen MR) is 159 cm³/mol. The predicted octanol–water partition coefficient (Wildman–Crippen LogP) is 5.56. The first-order chi connectivity index (χ1) is 21.0. The van der Waals surface area contributed by atoms with Gasteiger partial charge < -0.3 is 19.9 Å². The molecule has 10 nitrogen and oxygen atoms in total. The summed E-state index contributed by atoms with van der Waals surface area (Å²) in [7, 11) is 1.70. The molecule has 5 rings (SSSR count). The molecule has 2 aromatic heterocycles. The number of aryl methyl sites for hydroxylation is 2. The second-order valence-corrected chi connectivity index (χ2v) is 10.6. The average Bonchev–Trinajstić information content (AvgIpc) is 3.48. The van der Waals surface area contributed by atoms with Gasteiger partial charge in [0.25, 0.3) is 5.56 Å². The van der Waals surface area contributed by atoms with E-state index in [1.54, 1.807) is 31.3 Å². The van der Waals surface area contributed by atoms with Gasteiger partial charge in [0.2, 0.25) is 5.91 Å². The molecule has 44 heavy (non-hydrogen) atoms. The van der Waals surface area contributed by atoms with Gasteiger partial charge in [-0.1, -0.05) is 20.3 Å². The van der Waals surface area contributed by atoms with Crippen molar-refractivity contribution in [2.75, 3.05) is 16.8 Å². The number of nitrogens with one attached hydrogen (secondary N) is 2. The van der Waals surface area contributed by atoms with Crippen LogP contribution in [0.15, 0.2) is 41.2 Å². The number of rotatable bonds is 9. The number of benzene rings is 2. The standard InChI is InChI=1S/C31H32F3N7O3/c1-5-8-22-27-28(40(4)39-22)30(43)38-29(37-27)20-13-18(10-12-25(20)44-7-3)36-23-15-26(42)41(24(23)6-2)19-11-9-17(16-35)21(14-19)31(32,33)34/h9-14,23-24,36H,5-8,15H2,1-4H3,(H,37,38,43). The summed E-state index contributed by atoms with van der Waals surface area (Å²) < 4.78 is 48.4. The molecule has 1 aliphatic rings. The van der Waals surface area contributed by atoms with Gasteiger partial charge in [-0.25, -0.2) is 4.98 Å². The summed E-state index contributed by atoms with van der Waals surface area (Å²) in [4.78, 5) is 35.3. The topological polar surface area (TPSA) is 129 Å². The number of nitriles is 1. The van der Waals surface area contributed by atoms with Crippen molar-refractivity contribution in [2.45, 2.75) is 64.7 Å². The molecular formula is C31H32F3N7O3. The van der Waals surface area contributed by atoms with Crippen LogP contribution >= 0.6 is 0 Å². The zero-order valence-electron chi connectivity index (χ0n) is 24.7. The molecule has 3 heterocycles. The van der Waals surface area contributed by atoms with E-state index in [-0.39, 0.29) is 23.6 Å². The lowest BCUT2D eigenvalue weighted by Gasteiger charge is -2.29. The Balaban J connectivity index is 1.51. The smallest absolute Gasteiger partial charge is 0.417 e. The second-order valence-electron chi connectivity index (χ2n) is 10.6. The van der Waals surface area contributed by atoms with E-state index in [1.807, 2.05) is 20.8 Å². The molecule has 1 fully saturated rings. The summed E-state index contributed by atoms with van der Waals surface area (Å²) in [5, 5.41) is 17.0. The van der Waals surface area contributed by atoms with Gasteiger partial charge in [-0.05, 0) is 56.2 Å². The number of fused-ring (bicyclic) bond motifs is 1. The van der Waals surface area contributed by atoms with Crippen LogP contribution in [0.3, 0.4) is 0 Å². The molecule has 2 aromatic carbocycles. The third-order valence-corrected chi connectivity index (χ3v) is 7.72. The quantitative estimate of drug-likeness (QED) is 0.255. The number of ether oxygens (including phenoxy) is 1. The van der Waals surface area contributed by atoms with Gasteiger partial charge in [0.05, 0.1) is 47.1 Å². The number of nitrogens with zero attached hydrogens (tertiary/aromatic N) is 5. The molecule has 1 aliphatic heterocycles. The van der Waals surface area contributed by atoms with Gasteiger partial charge in [-0.3, -0.25) is 14.3 Å². The number of hydrogen-bond donors (Lipinski definition) is 2. The van der Waals surface area contributed by atoms with Crippen LogP contribution in [-0.2, 0) is 24.4 Å². The molecule has 0 radical (unpaired) electrons. The lowest BCUT2D eigenvalue weighted by atomic mass is 10.0. The molecule has 4 aromatic rings. The summed E-state index contributed by atoms with van der Waals surface area (Å²) in [6, 6.07) is 9.29. The largest absolute Gasteiger partial charge is 0.493 e. The highest BCUT2D eigenvalue weighted by atomic mass is 19.4. The Morgan fingerprint density at radius 1 is 1.16 bits per heavy atom. The van der Waals surface area contributed by atoms with Crippen LogP contribution in [0, 0.1) is 11.3 Å². The summed E-state index contributed by atoms with van der Waals surface area (Å²) >= 11 is 0. The monoisotopic (exact) mass is 607 g/mol. The third-order valence-electron chi connectivity index (χ3n) is 7.72. The first kappa shape index (κ1) is 30.6. The molecule has 2 N–H and O–H groups in total. The Morgan fingerprint density at radius 3 is 2.59 bits per heavy atom. The fraction of sp³-hybridized carbons (Fsp3) is 0.387. The van der Waals surface area contributed by atoms with Gasteiger partial charge >= 0.3 is 6.18 Å². The number of aromatic nitrogens is 4. The number of aromatic amines is 1. The highest BCUT2D eigenvalue weighted by molar-refractivity contribution is 5.98. The summed E-state index contributed by atoms with van der Waals surface area (Å²) in [6.45, 7) is 6.09. The van der Waals surface area contributed by atoms with Gasteiger partial charge in [0.1, 0.15) is 17.1 Å². The molecule has 13 heteroatoms. The number of carbonyl (C=O) groups is 1. The molecule has 0 saturated carbocycles. The normalized spacial score (nSPS) is 16.9. The third kappa shape index (κ3) is 5.59. The minimum atomic E-state index is -4.74. The maximum absolute atomic E-state index is 13.7. The minimum absolute atomic E-state index is 0.0412. The van der Waals surface area contributed by atoms with Crippen LogP contribution < -0.4 is 20.5 Å². The molecule has 1 saturated heterocycles. The van der Waals surface area contributed by atoms with E-state index >= 15 is 0 Å². The lowest BCUT2D eigenvalue weighted by Crippen LogP contribution is -2.39. The maximum atomic E-state index is 13.7. The van der Waals surface area contributed by atoms with Crippen LogP contribution in [0.5, 0.6) is 5.75 Å². The molecule has 0 bridgehead atoms. The zero-order chi connectivity index (χ0) is 31.8. The SMILES string of the molecule is CCCc1nn(C)c2c(=O)[nH]c(-c3cc(NC4CC(=O)N(c5ccc(C#N)c(C(F)(F)F)c5)C4CC)ccc3OCC)nc12. The molecule has 230 valence electrons. The number of alkyl halides is 3. The Morgan fingerprint density at radius 2 is 1.93 bits per heavy atom. The van der Waals surface area contributed by atoms with Crippen molar-refractivity contribution in [1.82, 2.24) is 19.7 Å². The van der Waals surface area contributed by atoms with Crippen LogP contribution in [-0.4, -0.2) is 44.3 Å². The fourth-order valence-corrected chi connectivity index (χ4v) is 5.83. The molecule has 1 amide bonds. The fourth-order valence-electron chi connectivity index (χ4n) is 5.83. The molecule has 2 unspecified atom stereocenters. The number of hydrogen-bond acceptors (Lipinski definition) is 7. The number of halogens is 3. The van der Waals surface area contributed by atoms with E-state index < -0.39 is 29.4 Å². The molecule has 2 atom stereocenters. The summed E-state index contributed by atoms with van der Waals surface area (Å²) in [5.41, 5.74) is 0.896. The lowest BCUT2D eigenvalue weighted by molar-refractivity contribution is -0.137. The zero-order valence-corrected chi connectivity index (χ0v) is 24.7. The first-order valence-electron chi connectivity index (χ1n) is 14.4. The maximum Gasteiger partial charge on any atom is 0.417 e. The Labute approximate surface area is 251 Å². The van der Waals surface area contributed by atoms with Crippen LogP contribution in [0.1, 0.15) is 56.9 Å². The van der Waals surface area contributed by atoms with Crippen molar-refractivity contribution in [3.05, 3.63) is 63.6 Å². The number of amides is 1. The van der Waals surface area contributed by atoms with E-state index in [0.717, 1.165) is 24.2 Å². The highest BCUT2D eigenvalue weighted by Gasteiger charge is 2.41. The minimum Gasteiger partial charge on any atom is -0.493 e. The average molecular weight is 608 g/mol. The number of carbonyl (C=O) groups excluding carboxylic acids is 1. The van der Waals surface area contributed by atoms with Crippen LogP contribution in [0.4, 0.5) is 24.5 Å². The molecule has 0 spiro atoms. The van der Waals surface area contributed by atoms with Crippen molar-refractivity contribution in [2.24, 2.45) is 7.05 Å². The Kier molecular flexibility index (Phi) is 8.36. The van der Waals surface area contributed by atoms with Crippen molar-refractivity contribution >= 4 is 28.3 Å². The van der Waals surface area contributed by atoms with E-state index in [2.05, 4.69) is 15.4 Å². The molecular weight excluding hydrogens is 575 g/mol. The van der Waals surface area contributed by atoms with Gasteiger partial charge in [-0.15, -0.1) is 0 Å². The summed E-state index contributed by atoms with van der Waals surface area (Å²) in [5.74, 6) is 0.457. The van der Waals surface area contributed by atoms with Gasteiger partial charge in [0.15, 0.2) is 5.52 Å². The second kappa shape index (κ2) is 12.0. The van der Waals surface area contributed by atoms with E-state index in [1.165, 1.54) is 15.6 Å². The van der Waals surface area contributed by atoms with Crippen LogP contribution in [0.2, 0.25) is 0 Å². The van der Waals surface area contributed by atoms with Crippen molar-refractivity contribution in [3.8, 4) is 23.2 Å². The van der Waals surface area contributed by atoms with Crippen molar-refractivity contribution < 1.29 is 22.7 Å². The van der Waals surface area contributed by atoms with Crippen LogP contribution in [0.25, 0.3) is 22.4 Å². The Bertz CT molecular complexity index is 1820. The number of anilines is 2. The van der Waals surface area contributed by atoms with Gasteiger partial charge in [0, 0.05) is 24.8 Å². The number of H-pyrrole nitrogens is 1. The summed E-state index contributed by atoms with van der Waals surface area (Å²) in [6.07, 6.45) is -2.76. The Hall–Kier alpha value is -4.86. The highest BCUT2D eigenvalue weighted by Crippen LogP contribution is 2.38. The van der Waals surface area contributed by atoms with E-state index in [9.17, 15) is 28.0 Å². The van der Waals surface area contributed by atoms with Gasteiger partial charge in [-0.2, -0.15) is 23.5 Å². The molecule has 0 aliphatic carbocycles. The van der Waals surface area contributed by atoms with Crippen molar-refractivity contribution in [1.29, 1.82) is 5.26 Å².